The average Bonchev–Trinajstić information content (AvgIpc) is 2.76. The summed E-state index contributed by atoms with van der Waals surface area (Å²) in [6, 6.07) is 3.69. The van der Waals surface area contributed by atoms with Crippen molar-refractivity contribution in [2.24, 2.45) is 7.05 Å². The van der Waals surface area contributed by atoms with Gasteiger partial charge in [0, 0.05) is 25.8 Å². The molecule has 2 amide bonds. The number of hydrogen-bond donors (Lipinski definition) is 1. The molecule has 0 bridgehead atoms. The maximum absolute atomic E-state index is 12.5. The van der Waals surface area contributed by atoms with E-state index >= 15 is 0 Å². The first-order valence-electron chi connectivity index (χ1n) is 6.88. The van der Waals surface area contributed by atoms with E-state index in [9.17, 15) is 9.59 Å². The third-order valence-corrected chi connectivity index (χ3v) is 4.01. The molecule has 1 aliphatic rings. The molecular weight excluding hydrogens is 270 g/mol. The summed E-state index contributed by atoms with van der Waals surface area (Å²) in [7, 11) is 1.77. The number of nitrogens with one attached hydrogen (secondary N) is 1. The van der Waals surface area contributed by atoms with E-state index in [0.29, 0.717) is 25.2 Å². The Morgan fingerprint density at radius 1 is 1.57 bits per heavy atom. The van der Waals surface area contributed by atoms with E-state index in [-0.39, 0.29) is 18.2 Å². The number of nitrogens with zero attached hydrogens (tertiary/aromatic N) is 4. The van der Waals surface area contributed by atoms with Crippen molar-refractivity contribution in [2.75, 3.05) is 13.1 Å². The van der Waals surface area contributed by atoms with E-state index in [0.717, 1.165) is 5.69 Å². The van der Waals surface area contributed by atoms with Gasteiger partial charge in [0.05, 0.1) is 12.5 Å². The molecule has 1 saturated heterocycles. The molecular formula is C14H19N5O2. The minimum Gasteiger partial charge on any atom is -0.353 e. The van der Waals surface area contributed by atoms with Crippen LogP contribution >= 0.6 is 0 Å². The normalized spacial score (nSPS) is 20.6. The number of rotatable bonds is 4. The highest BCUT2D eigenvalue weighted by Crippen LogP contribution is 2.32. The van der Waals surface area contributed by atoms with Gasteiger partial charge < -0.3 is 10.2 Å². The van der Waals surface area contributed by atoms with Crippen LogP contribution in [0.15, 0.2) is 6.07 Å². The van der Waals surface area contributed by atoms with Gasteiger partial charge in [-0.1, -0.05) is 0 Å². The zero-order valence-electron chi connectivity index (χ0n) is 12.5. The maximum Gasteiger partial charge on any atom is 0.275 e. The van der Waals surface area contributed by atoms with Crippen molar-refractivity contribution in [3.63, 3.8) is 0 Å². The molecule has 2 rings (SSSR count). The zero-order chi connectivity index (χ0) is 15.6. The molecule has 1 aromatic rings. The van der Waals surface area contributed by atoms with Gasteiger partial charge in [0.15, 0.2) is 5.69 Å². The summed E-state index contributed by atoms with van der Waals surface area (Å²) in [5.41, 5.74) is 0.391. The van der Waals surface area contributed by atoms with Gasteiger partial charge in [0.2, 0.25) is 5.91 Å². The molecule has 1 N–H and O–H groups in total. The summed E-state index contributed by atoms with van der Waals surface area (Å²) in [5, 5.41) is 15.4. The lowest BCUT2D eigenvalue weighted by Gasteiger charge is -2.48. The monoisotopic (exact) mass is 289 g/mol. The Hall–Kier alpha value is -2.36. The Morgan fingerprint density at radius 2 is 2.29 bits per heavy atom. The van der Waals surface area contributed by atoms with Gasteiger partial charge in [-0.15, -0.1) is 0 Å². The molecule has 1 aromatic heterocycles. The molecule has 21 heavy (non-hydrogen) atoms. The predicted octanol–water partition coefficient (Wildman–Crippen LogP) is 0.363. The maximum atomic E-state index is 12.5. The number of likely N-dealkylation sites (tertiary alicyclic amines) is 1. The van der Waals surface area contributed by atoms with Crippen LogP contribution in [0.2, 0.25) is 0 Å². The molecule has 0 radical (unpaired) electrons. The van der Waals surface area contributed by atoms with Gasteiger partial charge in [0.1, 0.15) is 5.54 Å². The van der Waals surface area contributed by atoms with Crippen LogP contribution in [0.1, 0.15) is 35.9 Å². The molecule has 0 aliphatic carbocycles. The summed E-state index contributed by atoms with van der Waals surface area (Å²) >= 11 is 0. The van der Waals surface area contributed by atoms with E-state index < -0.39 is 5.54 Å². The smallest absolute Gasteiger partial charge is 0.275 e. The number of carbonyl (C=O) groups is 2. The lowest BCUT2D eigenvalue weighted by atomic mass is 9.85. The quantitative estimate of drug-likeness (QED) is 0.810. The van der Waals surface area contributed by atoms with Crippen LogP contribution in [0.25, 0.3) is 0 Å². The van der Waals surface area contributed by atoms with Gasteiger partial charge in [-0.25, -0.2) is 0 Å². The van der Waals surface area contributed by atoms with Gasteiger partial charge in [0.25, 0.3) is 5.91 Å². The fourth-order valence-electron chi connectivity index (χ4n) is 2.35. The molecule has 7 nitrogen and oxygen atoms in total. The van der Waals surface area contributed by atoms with E-state index in [4.69, 9.17) is 5.26 Å². The van der Waals surface area contributed by atoms with Crippen molar-refractivity contribution in [3.8, 4) is 6.07 Å². The molecule has 1 fully saturated rings. The first-order valence-corrected chi connectivity index (χ1v) is 6.88. The van der Waals surface area contributed by atoms with Crippen molar-refractivity contribution < 1.29 is 9.59 Å². The van der Waals surface area contributed by atoms with E-state index in [1.807, 2.05) is 13.0 Å². The number of hydrogen-bond acceptors (Lipinski definition) is 4. The van der Waals surface area contributed by atoms with Crippen molar-refractivity contribution in [3.05, 3.63) is 17.5 Å². The van der Waals surface area contributed by atoms with Gasteiger partial charge in [-0.05, 0) is 26.3 Å². The number of carbonyl (C=O) groups excluding carboxylic acids is 2. The highest BCUT2D eigenvalue weighted by molar-refractivity contribution is 5.99. The van der Waals surface area contributed by atoms with Crippen molar-refractivity contribution in [1.82, 2.24) is 20.0 Å². The van der Waals surface area contributed by atoms with E-state index in [1.54, 1.807) is 24.7 Å². The Morgan fingerprint density at radius 3 is 2.76 bits per heavy atom. The van der Waals surface area contributed by atoms with Crippen LogP contribution in [0.4, 0.5) is 0 Å². The SMILES string of the molecule is Cc1cc(C(=O)N2CCC2(C)C(=O)NCCC#N)nn1C. The average molecular weight is 289 g/mol. The molecule has 2 heterocycles. The lowest BCUT2D eigenvalue weighted by Crippen LogP contribution is -2.67. The Labute approximate surface area is 123 Å². The standard InChI is InChI=1S/C14H19N5O2/c1-10-9-11(17-18(10)3)12(20)19-8-5-14(19,2)13(21)16-7-4-6-15/h9H,4-5,7-8H2,1-3H3,(H,16,21). The molecule has 7 heteroatoms. The summed E-state index contributed by atoms with van der Waals surface area (Å²) < 4.78 is 1.64. The number of aryl methyl sites for hydroxylation is 2. The fourth-order valence-corrected chi connectivity index (χ4v) is 2.35. The number of aromatic nitrogens is 2. The highest BCUT2D eigenvalue weighted by Gasteiger charge is 2.49. The second kappa shape index (κ2) is 5.56. The fraction of sp³-hybridized carbons (Fsp3) is 0.571. The second-order valence-electron chi connectivity index (χ2n) is 5.44. The summed E-state index contributed by atoms with van der Waals surface area (Å²) in [4.78, 5) is 26.2. The third kappa shape index (κ3) is 2.61. The Kier molecular flexibility index (Phi) is 3.98. The van der Waals surface area contributed by atoms with Crippen molar-refractivity contribution in [1.29, 1.82) is 5.26 Å². The molecule has 0 aromatic carbocycles. The third-order valence-electron chi connectivity index (χ3n) is 4.01. The molecule has 1 aliphatic heterocycles. The second-order valence-corrected chi connectivity index (χ2v) is 5.44. The number of amides is 2. The molecule has 1 atom stereocenters. The first kappa shape index (κ1) is 15.0. The van der Waals surface area contributed by atoms with Crippen LogP contribution in [0, 0.1) is 18.3 Å². The molecule has 112 valence electrons. The predicted molar refractivity (Wildman–Crippen MR) is 75.2 cm³/mol. The largest absolute Gasteiger partial charge is 0.353 e. The van der Waals surface area contributed by atoms with Crippen molar-refractivity contribution >= 4 is 11.8 Å². The Bertz CT molecular complexity index is 596. The minimum atomic E-state index is -0.849. The van der Waals surface area contributed by atoms with Gasteiger partial charge >= 0.3 is 0 Å². The van der Waals surface area contributed by atoms with Crippen LogP contribution in [-0.2, 0) is 11.8 Å². The van der Waals surface area contributed by atoms with Crippen LogP contribution in [0.5, 0.6) is 0 Å². The van der Waals surface area contributed by atoms with Crippen LogP contribution in [-0.4, -0.2) is 45.1 Å². The molecule has 0 saturated carbocycles. The van der Waals surface area contributed by atoms with Gasteiger partial charge in [-0.2, -0.15) is 10.4 Å². The summed E-state index contributed by atoms with van der Waals surface area (Å²) in [6.45, 7) is 4.45. The Balaban J connectivity index is 2.08. The topological polar surface area (TPSA) is 91.0 Å². The van der Waals surface area contributed by atoms with Crippen LogP contribution < -0.4 is 5.32 Å². The van der Waals surface area contributed by atoms with Gasteiger partial charge in [-0.3, -0.25) is 14.3 Å². The highest BCUT2D eigenvalue weighted by atomic mass is 16.2. The molecule has 1 unspecified atom stereocenters. The van der Waals surface area contributed by atoms with E-state index in [2.05, 4.69) is 10.4 Å². The minimum absolute atomic E-state index is 0.218. The first-order chi connectivity index (χ1) is 9.90. The summed E-state index contributed by atoms with van der Waals surface area (Å²) in [5.74, 6) is -0.451. The molecule has 0 spiro atoms. The summed E-state index contributed by atoms with van der Waals surface area (Å²) in [6.07, 6.45) is 0.873. The number of nitriles is 1. The van der Waals surface area contributed by atoms with Crippen molar-refractivity contribution in [2.45, 2.75) is 32.2 Å². The van der Waals surface area contributed by atoms with E-state index in [1.165, 1.54) is 4.90 Å². The zero-order valence-corrected chi connectivity index (χ0v) is 12.5. The lowest BCUT2D eigenvalue weighted by molar-refractivity contribution is -0.137. The van der Waals surface area contributed by atoms with Crippen LogP contribution in [0.3, 0.4) is 0 Å².